The molecule has 1 aromatic rings. The summed E-state index contributed by atoms with van der Waals surface area (Å²) in [7, 11) is 0. The molecule has 0 bridgehead atoms. The van der Waals surface area contributed by atoms with Crippen LogP contribution in [0.15, 0.2) is 18.2 Å². The molecule has 1 aliphatic carbocycles. The van der Waals surface area contributed by atoms with Crippen LogP contribution >= 0.6 is 0 Å². The zero-order chi connectivity index (χ0) is 14.5. The Morgan fingerprint density at radius 3 is 2.75 bits per heavy atom. The number of nitrogens with one attached hydrogen (secondary N) is 2. The Hall–Kier alpha value is -1.51. The van der Waals surface area contributed by atoms with Crippen molar-refractivity contribution in [1.82, 2.24) is 5.32 Å². The molecular formula is C17H26N2O. The summed E-state index contributed by atoms with van der Waals surface area (Å²) in [6.45, 7) is 7.37. The average molecular weight is 274 g/mol. The normalized spacial score (nSPS) is 21.8. The van der Waals surface area contributed by atoms with Gasteiger partial charge >= 0.3 is 0 Å². The Morgan fingerprint density at radius 1 is 1.35 bits per heavy atom. The lowest BCUT2D eigenvalue weighted by molar-refractivity contribution is 0.0936. The maximum Gasteiger partial charge on any atom is 0.251 e. The van der Waals surface area contributed by atoms with Crippen molar-refractivity contribution in [3.05, 3.63) is 29.3 Å². The van der Waals surface area contributed by atoms with E-state index in [-0.39, 0.29) is 5.91 Å². The largest absolute Gasteiger partial charge is 0.385 e. The van der Waals surface area contributed by atoms with Crippen LogP contribution in [0.4, 0.5) is 5.69 Å². The van der Waals surface area contributed by atoms with E-state index in [1.165, 1.54) is 6.42 Å². The molecule has 1 aromatic carbocycles. The smallest absolute Gasteiger partial charge is 0.251 e. The monoisotopic (exact) mass is 274 g/mol. The predicted molar refractivity (Wildman–Crippen MR) is 84.2 cm³/mol. The van der Waals surface area contributed by atoms with Crippen molar-refractivity contribution in [3.8, 4) is 0 Å². The fourth-order valence-corrected chi connectivity index (χ4v) is 2.90. The van der Waals surface area contributed by atoms with Gasteiger partial charge in [-0.1, -0.05) is 13.8 Å². The minimum absolute atomic E-state index is 0.0728. The first-order chi connectivity index (χ1) is 9.60. The number of rotatable bonds is 5. The molecule has 2 unspecified atom stereocenters. The third kappa shape index (κ3) is 3.75. The lowest BCUT2D eigenvalue weighted by Gasteiger charge is -2.14. The van der Waals surface area contributed by atoms with Crippen LogP contribution in [0.25, 0.3) is 0 Å². The van der Waals surface area contributed by atoms with Crippen LogP contribution in [-0.4, -0.2) is 18.5 Å². The van der Waals surface area contributed by atoms with Gasteiger partial charge in [-0.15, -0.1) is 0 Å². The van der Waals surface area contributed by atoms with Crippen LogP contribution < -0.4 is 10.6 Å². The summed E-state index contributed by atoms with van der Waals surface area (Å²) >= 11 is 0. The first kappa shape index (κ1) is 14.9. The number of hydrogen-bond donors (Lipinski definition) is 2. The van der Waals surface area contributed by atoms with E-state index >= 15 is 0 Å². The van der Waals surface area contributed by atoms with Gasteiger partial charge in [0, 0.05) is 23.8 Å². The zero-order valence-corrected chi connectivity index (χ0v) is 12.8. The van der Waals surface area contributed by atoms with Crippen LogP contribution in [0.5, 0.6) is 0 Å². The molecule has 20 heavy (non-hydrogen) atoms. The molecule has 3 nitrogen and oxygen atoms in total. The lowest BCUT2D eigenvalue weighted by Crippen LogP contribution is -2.33. The van der Waals surface area contributed by atoms with Gasteiger partial charge < -0.3 is 10.6 Å². The van der Waals surface area contributed by atoms with Gasteiger partial charge in [0.05, 0.1) is 0 Å². The van der Waals surface area contributed by atoms with Gasteiger partial charge in [0.2, 0.25) is 0 Å². The van der Waals surface area contributed by atoms with Gasteiger partial charge in [-0.25, -0.2) is 0 Å². The van der Waals surface area contributed by atoms with Crippen LogP contribution in [-0.2, 0) is 0 Å². The van der Waals surface area contributed by atoms with Crippen molar-refractivity contribution in [2.75, 3.05) is 11.9 Å². The molecule has 1 fully saturated rings. The van der Waals surface area contributed by atoms with Crippen molar-refractivity contribution in [3.63, 3.8) is 0 Å². The fraction of sp³-hybridized carbons (Fsp3) is 0.588. The van der Waals surface area contributed by atoms with Gasteiger partial charge in [0.1, 0.15) is 0 Å². The average Bonchev–Trinajstić information content (AvgIpc) is 2.81. The Morgan fingerprint density at radius 2 is 2.15 bits per heavy atom. The second kappa shape index (κ2) is 6.78. The van der Waals surface area contributed by atoms with Gasteiger partial charge in [-0.3, -0.25) is 4.79 Å². The Balaban J connectivity index is 1.99. The minimum Gasteiger partial charge on any atom is -0.385 e. The Labute approximate surface area is 122 Å². The molecule has 2 N–H and O–H groups in total. The topological polar surface area (TPSA) is 41.1 Å². The Bertz CT molecular complexity index is 470. The van der Waals surface area contributed by atoms with E-state index < -0.39 is 0 Å². The molecular weight excluding hydrogens is 248 g/mol. The van der Waals surface area contributed by atoms with Gasteiger partial charge in [0.25, 0.3) is 5.91 Å². The van der Waals surface area contributed by atoms with E-state index in [0.717, 1.165) is 48.5 Å². The maximum absolute atomic E-state index is 12.3. The van der Waals surface area contributed by atoms with Crippen molar-refractivity contribution < 1.29 is 4.79 Å². The number of carbonyl (C=O) groups excluding carboxylic acids is 1. The van der Waals surface area contributed by atoms with Gasteiger partial charge in [-0.05, 0) is 62.3 Å². The van der Waals surface area contributed by atoms with Crippen molar-refractivity contribution in [2.24, 2.45) is 5.92 Å². The predicted octanol–water partition coefficient (Wildman–Crippen LogP) is 3.74. The van der Waals surface area contributed by atoms with Crippen molar-refractivity contribution in [1.29, 1.82) is 0 Å². The molecule has 0 radical (unpaired) electrons. The molecule has 110 valence electrons. The number of amides is 1. The molecule has 0 heterocycles. The number of benzene rings is 1. The van der Waals surface area contributed by atoms with Crippen LogP contribution in [0, 0.1) is 12.8 Å². The summed E-state index contributed by atoms with van der Waals surface area (Å²) < 4.78 is 0. The second-order valence-electron chi connectivity index (χ2n) is 6.05. The number of aryl methyl sites for hydroxylation is 1. The lowest BCUT2D eigenvalue weighted by atomic mass is 10.1. The summed E-state index contributed by atoms with van der Waals surface area (Å²) in [6, 6.07) is 6.34. The first-order valence-corrected chi connectivity index (χ1v) is 7.75. The van der Waals surface area contributed by atoms with E-state index in [9.17, 15) is 4.79 Å². The third-order valence-corrected chi connectivity index (χ3v) is 4.08. The van der Waals surface area contributed by atoms with E-state index in [4.69, 9.17) is 0 Å². The quantitative estimate of drug-likeness (QED) is 0.859. The molecule has 1 amide bonds. The highest BCUT2D eigenvalue weighted by Crippen LogP contribution is 2.25. The molecule has 0 saturated heterocycles. The highest BCUT2D eigenvalue weighted by molar-refractivity contribution is 5.96. The summed E-state index contributed by atoms with van der Waals surface area (Å²) in [6.07, 6.45) is 4.55. The van der Waals surface area contributed by atoms with E-state index in [1.807, 2.05) is 19.1 Å². The molecule has 1 aliphatic rings. The van der Waals surface area contributed by atoms with Gasteiger partial charge in [0.15, 0.2) is 0 Å². The van der Waals surface area contributed by atoms with Crippen LogP contribution in [0.3, 0.4) is 0 Å². The summed E-state index contributed by atoms with van der Waals surface area (Å²) in [5.74, 6) is 0.811. The SMILES string of the molecule is CCCNc1ccc(C(=O)NC2CCC(C)C2)c(C)c1. The first-order valence-electron chi connectivity index (χ1n) is 7.75. The van der Waals surface area contributed by atoms with E-state index in [0.29, 0.717) is 6.04 Å². The van der Waals surface area contributed by atoms with E-state index in [1.54, 1.807) is 0 Å². The zero-order valence-electron chi connectivity index (χ0n) is 12.8. The fourth-order valence-electron chi connectivity index (χ4n) is 2.90. The van der Waals surface area contributed by atoms with Gasteiger partial charge in [-0.2, -0.15) is 0 Å². The minimum atomic E-state index is 0.0728. The third-order valence-electron chi connectivity index (χ3n) is 4.08. The molecule has 0 spiro atoms. The summed E-state index contributed by atoms with van der Waals surface area (Å²) in [4.78, 5) is 12.3. The summed E-state index contributed by atoms with van der Waals surface area (Å²) in [5, 5.41) is 6.52. The molecule has 1 saturated carbocycles. The number of anilines is 1. The number of carbonyl (C=O) groups is 1. The molecule has 3 heteroatoms. The summed E-state index contributed by atoms with van der Waals surface area (Å²) in [5.41, 5.74) is 2.93. The maximum atomic E-state index is 12.3. The highest BCUT2D eigenvalue weighted by atomic mass is 16.1. The molecule has 0 aliphatic heterocycles. The molecule has 0 aromatic heterocycles. The Kier molecular flexibility index (Phi) is 5.05. The van der Waals surface area contributed by atoms with Crippen LogP contribution in [0.1, 0.15) is 55.5 Å². The van der Waals surface area contributed by atoms with Crippen molar-refractivity contribution in [2.45, 2.75) is 52.5 Å². The highest BCUT2D eigenvalue weighted by Gasteiger charge is 2.23. The number of hydrogen-bond acceptors (Lipinski definition) is 2. The van der Waals surface area contributed by atoms with Crippen molar-refractivity contribution >= 4 is 11.6 Å². The van der Waals surface area contributed by atoms with E-state index in [2.05, 4.69) is 30.5 Å². The second-order valence-corrected chi connectivity index (χ2v) is 6.05. The molecule has 2 rings (SSSR count). The molecule has 2 atom stereocenters. The van der Waals surface area contributed by atoms with Crippen LogP contribution in [0.2, 0.25) is 0 Å². The standard InChI is InChI=1S/C17H26N2O/c1-4-9-18-14-7-8-16(13(3)11-14)17(20)19-15-6-5-12(2)10-15/h7-8,11-12,15,18H,4-6,9-10H2,1-3H3,(H,19,20).